The molecule has 0 heterocycles. The van der Waals surface area contributed by atoms with Crippen molar-refractivity contribution in [2.45, 2.75) is 26.3 Å². The van der Waals surface area contributed by atoms with Crippen LogP contribution in [0.25, 0.3) is 0 Å². The molecule has 2 aromatic carbocycles. The van der Waals surface area contributed by atoms with Crippen molar-refractivity contribution >= 4 is 21.8 Å². The van der Waals surface area contributed by atoms with Gasteiger partial charge in [-0.1, -0.05) is 37.3 Å². The van der Waals surface area contributed by atoms with Crippen molar-refractivity contribution < 1.29 is 9.18 Å². The van der Waals surface area contributed by atoms with E-state index in [9.17, 15) is 9.18 Å². The number of aryl methyl sites for hydroxylation is 1. The highest BCUT2D eigenvalue weighted by Crippen LogP contribution is 2.21. The van der Waals surface area contributed by atoms with Crippen LogP contribution in [-0.2, 0) is 6.42 Å². The van der Waals surface area contributed by atoms with Crippen LogP contribution in [0.2, 0.25) is 0 Å². The molecule has 0 aliphatic heterocycles. The molecule has 0 aliphatic rings. The standard InChI is InChI=1S/C17H17BrFNO/c1-3-12-7-9-13(10-8-12)11(2)20-17(21)14-5-4-6-15(19)16(14)18/h4-11H,3H2,1-2H3,(H,20,21). The zero-order valence-corrected chi connectivity index (χ0v) is 13.6. The first-order valence-corrected chi connectivity index (χ1v) is 7.66. The van der Waals surface area contributed by atoms with Crippen LogP contribution in [-0.4, -0.2) is 5.91 Å². The first kappa shape index (κ1) is 15.7. The average Bonchev–Trinajstić information content (AvgIpc) is 2.50. The summed E-state index contributed by atoms with van der Waals surface area (Å²) in [6.07, 6.45) is 0.983. The number of carbonyl (C=O) groups is 1. The third-order valence-corrected chi connectivity index (χ3v) is 4.24. The van der Waals surface area contributed by atoms with Crippen LogP contribution >= 0.6 is 15.9 Å². The summed E-state index contributed by atoms with van der Waals surface area (Å²) >= 11 is 3.11. The molecule has 0 saturated heterocycles. The van der Waals surface area contributed by atoms with Crippen LogP contribution in [0.3, 0.4) is 0 Å². The van der Waals surface area contributed by atoms with Crippen molar-refractivity contribution in [1.29, 1.82) is 0 Å². The number of halogens is 2. The van der Waals surface area contributed by atoms with Crippen molar-refractivity contribution in [3.63, 3.8) is 0 Å². The van der Waals surface area contributed by atoms with Crippen LogP contribution < -0.4 is 5.32 Å². The van der Waals surface area contributed by atoms with E-state index in [-0.39, 0.29) is 16.4 Å². The van der Waals surface area contributed by atoms with Crippen LogP contribution in [0.15, 0.2) is 46.9 Å². The van der Waals surface area contributed by atoms with E-state index in [1.165, 1.54) is 17.7 Å². The Labute approximate surface area is 132 Å². The monoisotopic (exact) mass is 349 g/mol. The summed E-state index contributed by atoms with van der Waals surface area (Å²) in [5.74, 6) is -0.740. The molecule has 2 aromatic rings. The van der Waals surface area contributed by atoms with Gasteiger partial charge in [-0.05, 0) is 52.5 Å². The molecule has 0 bridgehead atoms. The Morgan fingerprint density at radius 2 is 1.90 bits per heavy atom. The lowest BCUT2D eigenvalue weighted by Crippen LogP contribution is -2.27. The Morgan fingerprint density at radius 3 is 2.52 bits per heavy atom. The van der Waals surface area contributed by atoms with Gasteiger partial charge in [0.2, 0.25) is 0 Å². The molecule has 21 heavy (non-hydrogen) atoms. The predicted octanol–water partition coefficient (Wildman–Crippen LogP) is 4.64. The highest BCUT2D eigenvalue weighted by Gasteiger charge is 2.15. The lowest BCUT2D eigenvalue weighted by atomic mass is 10.0. The topological polar surface area (TPSA) is 29.1 Å². The van der Waals surface area contributed by atoms with E-state index in [1.807, 2.05) is 19.1 Å². The van der Waals surface area contributed by atoms with Gasteiger partial charge in [0.1, 0.15) is 5.82 Å². The molecule has 110 valence electrons. The fraction of sp³-hybridized carbons (Fsp3) is 0.235. The fourth-order valence-electron chi connectivity index (χ4n) is 2.08. The quantitative estimate of drug-likeness (QED) is 0.855. The molecule has 1 unspecified atom stereocenters. The molecule has 0 fully saturated rings. The molecule has 1 atom stereocenters. The lowest BCUT2D eigenvalue weighted by Gasteiger charge is -2.15. The van der Waals surface area contributed by atoms with Gasteiger partial charge in [-0.25, -0.2) is 4.39 Å². The number of amides is 1. The molecule has 0 spiro atoms. The molecule has 2 rings (SSSR count). The van der Waals surface area contributed by atoms with E-state index in [4.69, 9.17) is 0 Å². The average molecular weight is 350 g/mol. The second-order valence-corrected chi connectivity index (χ2v) is 5.68. The predicted molar refractivity (Wildman–Crippen MR) is 85.8 cm³/mol. The highest BCUT2D eigenvalue weighted by molar-refractivity contribution is 9.10. The molecule has 4 heteroatoms. The smallest absolute Gasteiger partial charge is 0.253 e. The number of hydrogen-bond donors (Lipinski definition) is 1. The molecule has 0 radical (unpaired) electrons. The van der Waals surface area contributed by atoms with E-state index in [2.05, 4.69) is 40.3 Å². The maximum atomic E-state index is 13.5. The minimum Gasteiger partial charge on any atom is -0.345 e. The SMILES string of the molecule is CCc1ccc(C(C)NC(=O)c2cccc(F)c2Br)cc1. The number of rotatable bonds is 4. The van der Waals surface area contributed by atoms with Crippen molar-refractivity contribution in [3.05, 3.63) is 69.4 Å². The third-order valence-electron chi connectivity index (χ3n) is 3.43. The molecule has 1 N–H and O–H groups in total. The van der Waals surface area contributed by atoms with Gasteiger partial charge in [0.05, 0.1) is 16.1 Å². The molecule has 2 nitrogen and oxygen atoms in total. The molecular weight excluding hydrogens is 333 g/mol. The third kappa shape index (κ3) is 3.70. The molecular formula is C17H17BrFNO. The summed E-state index contributed by atoms with van der Waals surface area (Å²) in [5, 5.41) is 2.88. The van der Waals surface area contributed by atoms with Gasteiger partial charge < -0.3 is 5.32 Å². The van der Waals surface area contributed by atoms with Crippen molar-refractivity contribution in [2.24, 2.45) is 0 Å². The first-order valence-electron chi connectivity index (χ1n) is 6.86. The van der Waals surface area contributed by atoms with E-state index >= 15 is 0 Å². The largest absolute Gasteiger partial charge is 0.345 e. The summed E-state index contributed by atoms with van der Waals surface area (Å²) < 4.78 is 13.6. The van der Waals surface area contributed by atoms with E-state index in [0.29, 0.717) is 5.56 Å². The Hall–Kier alpha value is -1.68. The summed E-state index contributed by atoms with van der Waals surface area (Å²) in [4.78, 5) is 12.2. The van der Waals surface area contributed by atoms with Crippen LogP contribution in [0.1, 0.15) is 41.4 Å². The minimum atomic E-state index is -0.442. The molecule has 1 amide bonds. The van der Waals surface area contributed by atoms with Crippen molar-refractivity contribution in [1.82, 2.24) is 5.32 Å². The zero-order valence-electron chi connectivity index (χ0n) is 12.0. The maximum Gasteiger partial charge on any atom is 0.253 e. The Balaban J connectivity index is 2.12. The maximum absolute atomic E-state index is 13.5. The summed E-state index contributed by atoms with van der Waals surface area (Å²) in [7, 11) is 0. The number of hydrogen-bond acceptors (Lipinski definition) is 1. The van der Waals surface area contributed by atoms with E-state index < -0.39 is 5.82 Å². The van der Waals surface area contributed by atoms with Gasteiger partial charge in [0.25, 0.3) is 5.91 Å². The van der Waals surface area contributed by atoms with Gasteiger partial charge in [0, 0.05) is 0 Å². The van der Waals surface area contributed by atoms with Crippen molar-refractivity contribution in [3.8, 4) is 0 Å². The second-order valence-electron chi connectivity index (χ2n) is 4.89. The van der Waals surface area contributed by atoms with E-state index in [0.717, 1.165) is 12.0 Å². The number of benzene rings is 2. The second kappa shape index (κ2) is 6.85. The van der Waals surface area contributed by atoms with Crippen LogP contribution in [0.5, 0.6) is 0 Å². The number of nitrogens with one attached hydrogen (secondary N) is 1. The zero-order chi connectivity index (χ0) is 15.4. The molecule has 0 saturated carbocycles. The van der Waals surface area contributed by atoms with Crippen molar-refractivity contribution in [2.75, 3.05) is 0 Å². The summed E-state index contributed by atoms with van der Waals surface area (Å²) in [6.45, 7) is 4.01. The van der Waals surface area contributed by atoms with Crippen LogP contribution in [0, 0.1) is 5.82 Å². The van der Waals surface area contributed by atoms with Gasteiger partial charge in [-0.2, -0.15) is 0 Å². The van der Waals surface area contributed by atoms with Gasteiger partial charge in [0.15, 0.2) is 0 Å². The lowest BCUT2D eigenvalue weighted by molar-refractivity contribution is 0.0938. The fourth-order valence-corrected chi connectivity index (χ4v) is 2.52. The summed E-state index contributed by atoms with van der Waals surface area (Å²) in [6, 6.07) is 12.4. The van der Waals surface area contributed by atoms with Gasteiger partial charge in [-0.15, -0.1) is 0 Å². The van der Waals surface area contributed by atoms with E-state index in [1.54, 1.807) is 6.07 Å². The summed E-state index contributed by atoms with van der Waals surface area (Å²) in [5.41, 5.74) is 2.57. The van der Waals surface area contributed by atoms with Gasteiger partial charge in [-0.3, -0.25) is 4.79 Å². The number of carbonyl (C=O) groups excluding carboxylic acids is 1. The Morgan fingerprint density at radius 1 is 1.24 bits per heavy atom. The highest BCUT2D eigenvalue weighted by atomic mass is 79.9. The molecule has 0 aliphatic carbocycles. The minimum absolute atomic E-state index is 0.140. The first-order chi connectivity index (χ1) is 10.0. The molecule has 0 aromatic heterocycles. The normalized spacial score (nSPS) is 12.0. The van der Waals surface area contributed by atoms with Crippen LogP contribution in [0.4, 0.5) is 4.39 Å². The Kier molecular flexibility index (Phi) is 5.12. The Bertz CT molecular complexity index is 640. The van der Waals surface area contributed by atoms with Gasteiger partial charge >= 0.3 is 0 Å².